The Labute approximate surface area is 265 Å². The van der Waals surface area contributed by atoms with E-state index in [1.165, 1.54) is 16.8 Å². The van der Waals surface area contributed by atoms with Crippen LogP contribution in [0.3, 0.4) is 0 Å². The van der Waals surface area contributed by atoms with Crippen LogP contribution in [0, 0.1) is 17.9 Å². The van der Waals surface area contributed by atoms with E-state index < -0.39 is 0 Å². The van der Waals surface area contributed by atoms with Crippen LogP contribution in [-0.4, -0.2) is 20.9 Å². The zero-order valence-corrected chi connectivity index (χ0v) is 27.3. The number of hydrogen-bond donors (Lipinski definition) is 1. The second kappa shape index (κ2) is 12.8. The molecule has 1 aliphatic carbocycles. The Hall–Kier alpha value is -3.86. The van der Waals surface area contributed by atoms with Gasteiger partial charge in [-0.15, -0.1) is 17.5 Å². The predicted octanol–water partition coefficient (Wildman–Crippen LogP) is 10.00. The van der Waals surface area contributed by atoms with Crippen LogP contribution >= 0.6 is 0 Å². The summed E-state index contributed by atoms with van der Waals surface area (Å²) in [5.74, 6) is 0.547. The third-order valence-electron chi connectivity index (χ3n) is 8.70. The molecular formula is C37H35IrN2O3-. The monoisotopic (exact) mass is 748 g/mol. The van der Waals surface area contributed by atoms with Crippen molar-refractivity contribution >= 4 is 49.3 Å². The molecule has 2 heterocycles. The molecule has 43 heavy (non-hydrogen) atoms. The van der Waals surface area contributed by atoms with Crippen molar-refractivity contribution in [2.45, 2.75) is 53.4 Å². The zero-order chi connectivity index (χ0) is 29.4. The van der Waals surface area contributed by atoms with Gasteiger partial charge in [-0.2, -0.15) is 0 Å². The number of furan rings is 1. The molecule has 221 valence electrons. The minimum atomic E-state index is 0. The van der Waals surface area contributed by atoms with Gasteiger partial charge in [-0.25, -0.2) is 4.98 Å². The number of aromatic nitrogens is 2. The van der Waals surface area contributed by atoms with E-state index in [2.05, 4.69) is 58.5 Å². The molecule has 1 aliphatic rings. The van der Waals surface area contributed by atoms with Crippen LogP contribution in [0.15, 0.2) is 83.4 Å². The molecule has 4 aromatic carbocycles. The summed E-state index contributed by atoms with van der Waals surface area (Å²) < 4.78 is 6.40. The van der Waals surface area contributed by atoms with Gasteiger partial charge < -0.3 is 9.52 Å². The number of aliphatic hydroxyl groups excluding tert-OH is 1. The number of aliphatic hydroxyl groups is 1. The van der Waals surface area contributed by atoms with Gasteiger partial charge in [0.2, 0.25) is 0 Å². The van der Waals surface area contributed by atoms with Crippen molar-refractivity contribution in [2.24, 2.45) is 11.8 Å². The van der Waals surface area contributed by atoms with E-state index in [1.54, 1.807) is 6.33 Å². The average molecular weight is 748 g/mol. The Kier molecular flexibility index (Phi) is 9.10. The molecule has 0 bridgehead atoms. The number of rotatable bonds is 7. The van der Waals surface area contributed by atoms with E-state index in [1.807, 2.05) is 46.0 Å². The molecule has 0 aliphatic heterocycles. The Morgan fingerprint density at radius 1 is 0.884 bits per heavy atom. The number of carbonyl (C=O) groups excluding carboxylic acids is 1. The third-order valence-corrected chi connectivity index (χ3v) is 8.70. The molecule has 0 saturated heterocycles. The van der Waals surface area contributed by atoms with Gasteiger partial charge in [-0.05, 0) is 64.4 Å². The summed E-state index contributed by atoms with van der Waals surface area (Å²) in [4.78, 5) is 20.7. The van der Waals surface area contributed by atoms with Crippen molar-refractivity contribution in [1.29, 1.82) is 0 Å². The minimum absolute atomic E-state index is 0. The van der Waals surface area contributed by atoms with E-state index in [-0.39, 0.29) is 43.5 Å². The van der Waals surface area contributed by atoms with Gasteiger partial charge in [0.1, 0.15) is 11.9 Å². The van der Waals surface area contributed by atoms with Crippen LogP contribution in [0.2, 0.25) is 0 Å². The van der Waals surface area contributed by atoms with E-state index >= 15 is 0 Å². The van der Waals surface area contributed by atoms with E-state index in [9.17, 15) is 9.90 Å². The van der Waals surface area contributed by atoms with Crippen LogP contribution in [0.5, 0.6) is 0 Å². The van der Waals surface area contributed by atoms with Crippen LogP contribution in [0.4, 0.5) is 0 Å². The fraction of sp³-hybridized carbons (Fsp3) is 0.270. The Bertz CT molecular complexity index is 1980. The van der Waals surface area contributed by atoms with Crippen molar-refractivity contribution in [3.05, 3.63) is 85.0 Å². The third kappa shape index (κ3) is 5.28. The largest absolute Gasteiger partial charge is 0.512 e. The summed E-state index contributed by atoms with van der Waals surface area (Å²) >= 11 is 0. The number of nitrogens with zero attached hydrogens (tertiary/aromatic N) is 2. The first-order chi connectivity index (χ1) is 20.5. The summed E-state index contributed by atoms with van der Waals surface area (Å²) in [5.41, 5.74) is 5.89. The second-order valence-electron chi connectivity index (χ2n) is 11.0. The summed E-state index contributed by atoms with van der Waals surface area (Å²) in [6, 6.07) is 22.5. The average Bonchev–Trinajstić information content (AvgIpc) is 3.37. The predicted molar refractivity (Wildman–Crippen MR) is 171 cm³/mol. The number of carbonyl (C=O) groups is 1. The molecule has 0 spiro atoms. The first-order valence-electron chi connectivity index (χ1n) is 15.0. The van der Waals surface area contributed by atoms with E-state index in [4.69, 9.17) is 4.42 Å². The number of allylic oxidation sites excluding steroid dienone is 2. The Morgan fingerprint density at radius 2 is 1.63 bits per heavy atom. The van der Waals surface area contributed by atoms with E-state index in [0.717, 1.165) is 80.8 Å². The number of benzene rings is 4. The maximum absolute atomic E-state index is 11.7. The summed E-state index contributed by atoms with van der Waals surface area (Å²) in [6.07, 6.45) is 8.43. The fourth-order valence-corrected chi connectivity index (χ4v) is 6.29. The van der Waals surface area contributed by atoms with Crippen molar-refractivity contribution in [2.75, 3.05) is 0 Å². The minimum Gasteiger partial charge on any atom is -0.512 e. The molecule has 7 rings (SSSR count). The van der Waals surface area contributed by atoms with Crippen molar-refractivity contribution in [1.82, 2.24) is 9.97 Å². The van der Waals surface area contributed by atoms with E-state index in [0.29, 0.717) is 0 Å². The molecule has 5 nitrogen and oxygen atoms in total. The summed E-state index contributed by atoms with van der Waals surface area (Å²) in [7, 11) is 0. The first-order valence-corrected chi connectivity index (χ1v) is 15.0. The molecule has 0 atom stereocenters. The number of fused-ring (bicyclic) bond motifs is 5. The fourth-order valence-electron chi connectivity index (χ4n) is 6.29. The smallest absolute Gasteiger partial charge is 0.162 e. The quantitative estimate of drug-likeness (QED) is 0.0999. The van der Waals surface area contributed by atoms with Gasteiger partial charge >= 0.3 is 0 Å². The van der Waals surface area contributed by atoms with Gasteiger partial charge in [-0.3, -0.25) is 9.78 Å². The maximum atomic E-state index is 11.7. The van der Waals surface area contributed by atoms with Crippen molar-refractivity contribution < 1.29 is 34.4 Å². The molecule has 2 aromatic heterocycles. The molecular weight excluding hydrogens is 713 g/mol. The molecule has 6 heteroatoms. The molecule has 6 aromatic rings. The van der Waals surface area contributed by atoms with Gasteiger partial charge in [0, 0.05) is 55.3 Å². The zero-order valence-electron chi connectivity index (χ0n) is 24.9. The summed E-state index contributed by atoms with van der Waals surface area (Å²) in [6.45, 7) is 8.07. The summed E-state index contributed by atoms with van der Waals surface area (Å²) in [5, 5.41) is 16.5. The first kappa shape index (κ1) is 30.6. The maximum Gasteiger partial charge on any atom is 0.162 e. The molecule has 0 fully saturated rings. The molecule has 0 saturated carbocycles. The molecule has 1 N–H and O–H groups in total. The van der Waals surface area contributed by atoms with Crippen LogP contribution in [0.25, 0.3) is 65.9 Å². The number of hydrogen-bond acceptors (Lipinski definition) is 5. The van der Waals surface area contributed by atoms with Crippen LogP contribution < -0.4 is 0 Å². The SMILES string of the molecule is CCC(CC)C(=O)/C=C(\O)C(CC)CC.[Ir].[c-]1c2c3c(oc4ccc5cccc(c5c43)-c3cncnc3-2)c2ccccc12. The Morgan fingerprint density at radius 3 is 2.37 bits per heavy atom. The van der Waals surface area contributed by atoms with Crippen molar-refractivity contribution in [3.63, 3.8) is 0 Å². The van der Waals surface area contributed by atoms with Gasteiger partial charge in [0.25, 0.3) is 0 Å². The van der Waals surface area contributed by atoms with Crippen molar-refractivity contribution in [3.8, 4) is 22.4 Å². The van der Waals surface area contributed by atoms with Crippen LogP contribution in [-0.2, 0) is 24.9 Å². The normalized spacial score (nSPS) is 12.2. The second-order valence-corrected chi connectivity index (χ2v) is 11.0. The number of ketones is 1. The van der Waals surface area contributed by atoms with Gasteiger partial charge in [-0.1, -0.05) is 75.7 Å². The molecule has 1 radical (unpaired) electrons. The van der Waals surface area contributed by atoms with Gasteiger partial charge in [0.15, 0.2) is 5.78 Å². The molecule has 0 unspecified atom stereocenters. The van der Waals surface area contributed by atoms with Gasteiger partial charge in [0.05, 0.1) is 11.3 Å². The standard InChI is InChI=1S/C24H11N2O.C13H24O2.Ir/c1-2-6-15-14(4-1)10-17-21-22-19(27-24(15)21)9-8-13-5-3-7-16(20(13)22)18-11-25-12-26-23(17)18;1-5-10(6-2)12(14)9-13(15)11(7-3)8-4;/h1-9,11-12H;9-11,14H,5-8H2,1-4H3;/q-1;;/b;12-9-;. The molecule has 0 amide bonds. The Balaban J connectivity index is 0.000000201. The topological polar surface area (TPSA) is 76.2 Å². The van der Waals surface area contributed by atoms with Crippen LogP contribution in [0.1, 0.15) is 53.4 Å².